The van der Waals surface area contributed by atoms with Crippen LogP contribution in [0.15, 0.2) is 5.38 Å². The highest BCUT2D eigenvalue weighted by Crippen LogP contribution is 2.69. The van der Waals surface area contributed by atoms with Crippen molar-refractivity contribution in [2.24, 2.45) is 29.6 Å². The molecule has 5 atom stereocenters. The number of nitrogens with one attached hydrogen (secondary N) is 1. The number of aromatic nitrogens is 1. The van der Waals surface area contributed by atoms with Crippen molar-refractivity contribution >= 4 is 22.4 Å². The Morgan fingerprint density at radius 2 is 2.16 bits per heavy atom. The number of carbonyl (C=O) groups is 1. The first-order chi connectivity index (χ1) is 9.15. The lowest BCUT2D eigenvalue weighted by Crippen LogP contribution is -2.18. The molecule has 2 bridgehead atoms. The molecule has 1 aromatic heterocycles. The summed E-state index contributed by atoms with van der Waals surface area (Å²) in [6, 6.07) is 0. The summed E-state index contributed by atoms with van der Waals surface area (Å²) in [7, 11) is 0. The smallest absolute Gasteiger partial charge is 0.229 e. The van der Waals surface area contributed by atoms with Crippen LogP contribution in [0.4, 0.5) is 5.13 Å². The van der Waals surface area contributed by atoms with Gasteiger partial charge in [-0.2, -0.15) is 0 Å². The van der Waals surface area contributed by atoms with Gasteiger partial charge in [0, 0.05) is 11.3 Å². The molecule has 19 heavy (non-hydrogen) atoms. The fourth-order valence-electron chi connectivity index (χ4n) is 4.40. The van der Waals surface area contributed by atoms with E-state index in [1.165, 1.54) is 30.6 Å². The molecule has 1 heterocycles. The van der Waals surface area contributed by atoms with Crippen LogP contribution in [-0.4, -0.2) is 16.0 Å². The molecule has 0 aliphatic heterocycles. The van der Waals surface area contributed by atoms with Crippen LogP contribution in [0.25, 0.3) is 0 Å². The molecule has 102 valence electrons. The van der Waals surface area contributed by atoms with Gasteiger partial charge in [0.25, 0.3) is 0 Å². The van der Waals surface area contributed by atoms with Gasteiger partial charge >= 0.3 is 0 Å². The highest BCUT2D eigenvalue weighted by molar-refractivity contribution is 7.13. The zero-order valence-corrected chi connectivity index (χ0v) is 11.7. The number of carbonyl (C=O) groups excluding carboxylic acids is 1. The van der Waals surface area contributed by atoms with E-state index in [1.54, 1.807) is 12.3 Å². The lowest BCUT2D eigenvalue weighted by molar-refractivity contribution is -0.118. The number of rotatable bonds is 3. The van der Waals surface area contributed by atoms with Crippen LogP contribution >= 0.6 is 11.3 Å². The van der Waals surface area contributed by atoms with Gasteiger partial charge in [0.15, 0.2) is 5.13 Å². The quantitative estimate of drug-likeness (QED) is 0.892. The van der Waals surface area contributed by atoms with Crippen LogP contribution in [0, 0.1) is 29.6 Å². The summed E-state index contributed by atoms with van der Waals surface area (Å²) in [4.78, 5) is 16.5. The van der Waals surface area contributed by atoms with Crippen molar-refractivity contribution < 1.29 is 9.90 Å². The van der Waals surface area contributed by atoms with Crippen molar-refractivity contribution in [1.82, 2.24) is 4.98 Å². The predicted octanol–water partition coefficient (Wildman–Crippen LogP) is 2.43. The van der Waals surface area contributed by atoms with E-state index in [4.69, 9.17) is 0 Å². The summed E-state index contributed by atoms with van der Waals surface area (Å²) in [5.41, 5.74) is 0.636. The molecule has 5 heteroatoms. The van der Waals surface area contributed by atoms with Gasteiger partial charge in [-0.05, 0) is 49.9 Å². The lowest BCUT2D eigenvalue weighted by Gasteiger charge is -2.07. The summed E-state index contributed by atoms with van der Waals surface area (Å²) in [5, 5.41) is 14.8. The number of aliphatic hydroxyl groups is 1. The standard InChI is InChI=1S/C14H18N2O2S/c1-6(17)9-5-19-14(15-9)16-13(18)12-10-7-2-3-8(4-7)11(10)12/h5-8,10-12,17H,2-4H2,1H3,(H,15,16,18). The molecule has 3 saturated carbocycles. The molecule has 4 nitrogen and oxygen atoms in total. The van der Waals surface area contributed by atoms with E-state index < -0.39 is 6.10 Å². The number of hydrogen-bond acceptors (Lipinski definition) is 4. The molecule has 5 unspecified atom stereocenters. The van der Waals surface area contributed by atoms with Gasteiger partial charge < -0.3 is 10.4 Å². The van der Waals surface area contributed by atoms with Crippen molar-refractivity contribution in [3.8, 4) is 0 Å². The molecule has 3 aliphatic rings. The molecule has 4 rings (SSSR count). The molecular weight excluding hydrogens is 260 g/mol. The second-order valence-electron chi connectivity index (χ2n) is 6.26. The van der Waals surface area contributed by atoms with Crippen LogP contribution in [0.3, 0.4) is 0 Å². The van der Waals surface area contributed by atoms with Crippen LogP contribution in [-0.2, 0) is 4.79 Å². The highest BCUT2D eigenvalue weighted by atomic mass is 32.1. The van der Waals surface area contributed by atoms with Gasteiger partial charge in [0.05, 0.1) is 11.8 Å². The first-order valence-electron chi connectivity index (χ1n) is 7.09. The minimum Gasteiger partial charge on any atom is -0.387 e. The number of hydrogen-bond donors (Lipinski definition) is 2. The van der Waals surface area contributed by atoms with E-state index in [9.17, 15) is 9.90 Å². The minimum absolute atomic E-state index is 0.151. The van der Waals surface area contributed by atoms with Crippen LogP contribution in [0.5, 0.6) is 0 Å². The van der Waals surface area contributed by atoms with Gasteiger partial charge in [-0.1, -0.05) is 0 Å². The number of anilines is 1. The molecule has 3 fully saturated rings. The molecule has 0 spiro atoms. The van der Waals surface area contributed by atoms with Gasteiger partial charge in [-0.15, -0.1) is 11.3 Å². The van der Waals surface area contributed by atoms with Crippen molar-refractivity contribution in [3.05, 3.63) is 11.1 Å². The fraction of sp³-hybridized carbons (Fsp3) is 0.714. The summed E-state index contributed by atoms with van der Waals surface area (Å²) in [5.74, 6) is 3.35. The fourth-order valence-corrected chi connectivity index (χ4v) is 5.20. The predicted molar refractivity (Wildman–Crippen MR) is 72.7 cm³/mol. The molecule has 0 aromatic carbocycles. The first kappa shape index (κ1) is 11.9. The van der Waals surface area contributed by atoms with Crippen molar-refractivity contribution in [2.75, 3.05) is 5.32 Å². The Morgan fingerprint density at radius 1 is 1.47 bits per heavy atom. The zero-order chi connectivity index (χ0) is 13.1. The Bertz CT molecular complexity index is 511. The SMILES string of the molecule is CC(O)c1csc(NC(=O)C2C3C4CCC(C4)C23)n1. The average Bonchev–Trinajstić information content (AvgIpc) is 2.75. The number of fused-ring (bicyclic) bond motifs is 5. The van der Waals surface area contributed by atoms with Gasteiger partial charge in [-0.25, -0.2) is 4.98 Å². The maximum Gasteiger partial charge on any atom is 0.229 e. The molecule has 1 amide bonds. The molecule has 0 radical (unpaired) electrons. The second kappa shape index (κ2) is 4.03. The number of thiazole rings is 1. The van der Waals surface area contributed by atoms with Gasteiger partial charge in [-0.3, -0.25) is 4.79 Å². The van der Waals surface area contributed by atoms with Gasteiger partial charge in [0.1, 0.15) is 0 Å². The topological polar surface area (TPSA) is 62.2 Å². The van der Waals surface area contributed by atoms with Crippen LogP contribution in [0.2, 0.25) is 0 Å². The largest absolute Gasteiger partial charge is 0.387 e. The van der Waals surface area contributed by atoms with E-state index in [2.05, 4.69) is 10.3 Å². The molecule has 2 N–H and O–H groups in total. The minimum atomic E-state index is -0.571. The Morgan fingerprint density at radius 3 is 2.74 bits per heavy atom. The third kappa shape index (κ3) is 1.75. The Labute approximate surface area is 116 Å². The van der Waals surface area contributed by atoms with E-state index >= 15 is 0 Å². The van der Waals surface area contributed by atoms with Crippen molar-refractivity contribution in [1.29, 1.82) is 0 Å². The normalized spacial score (nSPS) is 40.0. The van der Waals surface area contributed by atoms with Crippen LogP contribution < -0.4 is 5.32 Å². The van der Waals surface area contributed by atoms with Crippen LogP contribution in [0.1, 0.15) is 38.0 Å². The number of aliphatic hydroxyl groups excluding tert-OH is 1. The zero-order valence-electron chi connectivity index (χ0n) is 10.9. The van der Waals surface area contributed by atoms with Gasteiger partial charge in [0.2, 0.25) is 5.91 Å². The third-order valence-corrected chi connectivity index (χ3v) is 5.99. The Balaban J connectivity index is 1.42. The number of amides is 1. The molecule has 3 aliphatic carbocycles. The third-order valence-electron chi connectivity index (χ3n) is 5.22. The second-order valence-corrected chi connectivity index (χ2v) is 7.11. The Kier molecular flexibility index (Phi) is 2.51. The first-order valence-corrected chi connectivity index (χ1v) is 7.97. The maximum absolute atomic E-state index is 12.3. The highest BCUT2D eigenvalue weighted by Gasteiger charge is 2.67. The summed E-state index contributed by atoms with van der Waals surface area (Å²) in [6.07, 6.45) is 3.46. The van der Waals surface area contributed by atoms with Crippen molar-refractivity contribution in [2.45, 2.75) is 32.3 Å². The summed E-state index contributed by atoms with van der Waals surface area (Å²) in [6.45, 7) is 1.68. The van der Waals surface area contributed by atoms with E-state index in [-0.39, 0.29) is 11.8 Å². The molecule has 1 aromatic rings. The Hall–Kier alpha value is -0.940. The van der Waals surface area contributed by atoms with E-state index in [0.717, 1.165) is 11.8 Å². The van der Waals surface area contributed by atoms with E-state index in [0.29, 0.717) is 22.7 Å². The van der Waals surface area contributed by atoms with E-state index in [1.807, 2.05) is 0 Å². The molecule has 0 saturated heterocycles. The maximum atomic E-state index is 12.3. The summed E-state index contributed by atoms with van der Waals surface area (Å²) >= 11 is 1.39. The monoisotopic (exact) mass is 278 g/mol. The molecular formula is C14H18N2O2S. The average molecular weight is 278 g/mol. The number of nitrogens with zero attached hydrogens (tertiary/aromatic N) is 1. The summed E-state index contributed by atoms with van der Waals surface area (Å²) < 4.78 is 0. The van der Waals surface area contributed by atoms with Crippen molar-refractivity contribution in [3.63, 3.8) is 0 Å². The lowest BCUT2D eigenvalue weighted by atomic mass is 10.0.